The van der Waals surface area contributed by atoms with E-state index >= 15 is 0 Å². The largest absolute Gasteiger partial charge is 0.445 e. The van der Waals surface area contributed by atoms with E-state index in [4.69, 9.17) is 4.42 Å². The van der Waals surface area contributed by atoms with Crippen LogP contribution in [0.3, 0.4) is 0 Å². The second kappa shape index (κ2) is 7.01. The molecule has 0 saturated carbocycles. The van der Waals surface area contributed by atoms with Gasteiger partial charge in [0, 0.05) is 52.2 Å². The van der Waals surface area contributed by atoms with Crippen LogP contribution in [0, 0.1) is 12.8 Å². The van der Waals surface area contributed by atoms with E-state index in [0.29, 0.717) is 12.0 Å². The lowest BCUT2D eigenvalue weighted by atomic mass is 10.0. The van der Waals surface area contributed by atoms with Gasteiger partial charge in [-0.05, 0) is 19.3 Å². The molecule has 0 bridgehead atoms. The molecular formula is C17H28N4O2. The Hall–Kier alpha value is -1.40. The van der Waals surface area contributed by atoms with E-state index in [9.17, 15) is 4.79 Å². The van der Waals surface area contributed by atoms with E-state index in [-0.39, 0.29) is 5.91 Å². The van der Waals surface area contributed by atoms with Gasteiger partial charge in [-0.15, -0.1) is 0 Å². The molecule has 1 amide bonds. The maximum absolute atomic E-state index is 11.6. The van der Waals surface area contributed by atoms with Gasteiger partial charge in [0.2, 0.25) is 11.8 Å². The van der Waals surface area contributed by atoms with Gasteiger partial charge in [0.25, 0.3) is 0 Å². The van der Waals surface area contributed by atoms with Crippen molar-refractivity contribution in [3.05, 3.63) is 17.8 Å². The molecule has 2 aliphatic rings. The first kappa shape index (κ1) is 16.5. The van der Waals surface area contributed by atoms with Crippen molar-refractivity contribution in [3.63, 3.8) is 0 Å². The van der Waals surface area contributed by atoms with Crippen molar-refractivity contribution in [1.82, 2.24) is 19.7 Å². The number of hydrogen-bond donors (Lipinski definition) is 0. The van der Waals surface area contributed by atoms with Crippen LogP contribution in [0.15, 0.2) is 10.6 Å². The molecule has 1 aromatic heterocycles. The van der Waals surface area contributed by atoms with Crippen LogP contribution in [-0.4, -0.2) is 70.9 Å². The maximum Gasteiger partial charge on any atom is 0.219 e. The zero-order valence-corrected chi connectivity index (χ0v) is 14.5. The van der Waals surface area contributed by atoms with Gasteiger partial charge in [-0.2, -0.15) is 0 Å². The summed E-state index contributed by atoms with van der Waals surface area (Å²) in [7, 11) is 0. The lowest BCUT2D eigenvalue weighted by Crippen LogP contribution is -2.42. The Balaban J connectivity index is 1.57. The first-order chi connectivity index (χ1) is 11.0. The van der Waals surface area contributed by atoms with Crippen LogP contribution in [-0.2, 0) is 11.3 Å². The highest BCUT2D eigenvalue weighted by atomic mass is 16.4. The van der Waals surface area contributed by atoms with Crippen molar-refractivity contribution in [2.75, 3.05) is 39.3 Å². The third-order valence-electron chi connectivity index (χ3n) is 5.12. The summed E-state index contributed by atoms with van der Waals surface area (Å²) in [6, 6.07) is 0.568. The Kier molecular flexibility index (Phi) is 5.02. The van der Waals surface area contributed by atoms with Gasteiger partial charge in [-0.25, -0.2) is 4.98 Å². The summed E-state index contributed by atoms with van der Waals surface area (Å²) >= 11 is 0. The highest BCUT2D eigenvalue weighted by molar-refractivity contribution is 5.73. The van der Waals surface area contributed by atoms with Crippen LogP contribution < -0.4 is 0 Å². The van der Waals surface area contributed by atoms with Crippen LogP contribution in [0.1, 0.15) is 31.9 Å². The molecule has 0 aromatic carbocycles. The van der Waals surface area contributed by atoms with Crippen molar-refractivity contribution in [1.29, 1.82) is 0 Å². The first-order valence-electron chi connectivity index (χ1n) is 8.66. The van der Waals surface area contributed by atoms with E-state index in [0.717, 1.165) is 63.9 Å². The van der Waals surface area contributed by atoms with Gasteiger partial charge in [0.05, 0.1) is 12.7 Å². The zero-order chi connectivity index (χ0) is 16.4. The fourth-order valence-electron chi connectivity index (χ4n) is 3.90. The highest BCUT2D eigenvalue weighted by Crippen LogP contribution is 2.24. The molecule has 0 spiro atoms. The second-order valence-corrected chi connectivity index (χ2v) is 7.00. The fraction of sp³-hybridized carbons (Fsp3) is 0.765. The Bertz CT molecular complexity index is 544. The van der Waals surface area contributed by atoms with Crippen LogP contribution in [0.25, 0.3) is 0 Å². The van der Waals surface area contributed by atoms with Crippen molar-refractivity contribution in [2.45, 2.75) is 39.8 Å². The maximum atomic E-state index is 11.6. The molecule has 2 saturated heterocycles. The Morgan fingerprint density at radius 1 is 1.30 bits per heavy atom. The molecule has 0 N–H and O–H groups in total. The number of carbonyl (C=O) groups is 1. The summed E-state index contributed by atoms with van der Waals surface area (Å²) in [6.07, 6.45) is 2.86. The molecule has 3 rings (SSSR count). The average molecular weight is 320 g/mol. The van der Waals surface area contributed by atoms with Crippen molar-refractivity contribution in [2.24, 2.45) is 5.92 Å². The molecule has 2 atom stereocenters. The number of carbonyl (C=O) groups excluding carboxylic acids is 1. The lowest BCUT2D eigenvalue weighted by molar-refractivity contribution is -0.128. The number of likely N-dealkylation sites (tertiary alicyclic amines) is 1. The molecule has 128 valence electrons. The minimum absolute atomic E-state index is 0.201. The number of hydrogen-bond acceptors (Lipinski definition) is 5. The predicted octanol–water partition coefficient (Wildman–Crippen LogP) is 1.36. The molecule has 3 heterocycles. The van der Waals surface area contributed by atoms with E-state index in [1.807, 2.05) is 11.8 Å². The smallest absolute Gasteiger partial charge is 0.219 e. The third-order valence-corrected chi connectivity index (χ3v) is 5.12. The minimum atomic E-state index is 0.201. The minimum Gasteiger partial charge on any atom is -0.445 e. The molecule has 2 fully saturated rings. The van der Waals surface area contributed by atoms with Crippen LogP contribution in [0.2, 0.25) is 0 Å². The molecule has 6 nitrogen and oxygen atoms in total. The average Bonchev–Trinajstić information content (AvgIpc) is 2.96. The Morgan fingerprint density at radius 2 is 2.13 bits per heavy atom. The summed E-state index contributed by atoms with van der Waals surface area (Å²) in [5.41, 5.74) is 0. The quantitative estimate of drug-likeness (QED) is 0.842. The SMILES string of the molecule is CC(=O)N1CCCN(C2CN(Cc3ncc(C)o3)CC2C)CC1. The van der Waals surface area contributed by atoms with Crippen molar-refractivity contribution in [3.8, 4) is 0 Å². The normalized spacial score (nSPS) is 27.3. The van der Waals surface area contributed by atoms with Gasteiger partial charge >= 0.3 is 0 Å². The summed E-state index contributed by atoms with van der Waals surface area (Å²) in [5, 5.41) is 0. The van der Waals surface area contributed by atoms with E-state index in [1.54, 1.807) is 13.1 Å². The summed E-state index contributed by atoms with van der Waals surface area (Å²) in [4.78, 5) is 22.9. The zero-order valence-electron chi connectivity index (χ0n) is 14.5. The van der Waals surface area contributed by atoms with Gasteiger partial charge < -0.3 is 9.32 Å². The van der Waals surface area contributed by atoms with Crippen LogP contribution in [0.5, 0.6) is 0 Å². The first-order valence-corrected chi connectivity index (χ1v) is 8.66. The highest BCUT2D eigenvalue weighted by Gasteiger charge is 2.35. The third kappa shape index (κ3) is 3.93. The molecule has 0 radical (unpaired) electrons. The molecule has 2 aliphatic heterocycles. The molecule has 1 aromatic rings. The molecule has 2 unspecified atom stereocenters. The monoisotopic (exact) mass is 320 g/mol. The predicted molar refractivity (Wildman–Crippen MR) is 87.9 cm³/mol. The number of amides is 1. The van der Waals surface area contributed by atoms with Crippen molar-refractivity contribution < 1.29 is 9.21 Å². The fourth-order valence-corrected chi connectivity index (χ4v) is 3.90. The molecule has 23 heavy (non-hydrogen) atoms. The molecule has 6 heteroatoms. The summed E-state index contributed by atoms with van der Waals surface area (Å²) in [5.74, 6) is 2.52. The summed E-state index contributed by atoms with van der Waals surface area (Å²) < 4.78 is 5.61. The number of nitrogens with zero attached hydrogens (tertiary/aromatic N) is 4. The van der Waals surface area contributed by atoms with Gasteiger partial charge in [-0.1, -0.05) is 6.92 Å². The number of rotatable bonds is 3. The van der Waals surface area contributed by atoms with Gasteiger partial charge in [0.15, 0.2) is 0 Å². The van der Waals surface area contributed by atoms with E-state index in [1.165, 1.54) is 0 Å². The Labute approximate surface area is 138 Å². The Morgan fingerprint density at radius 3 is 2.83 bits per heavy atom. The molecule has 0 aliphatic carbocycles. The standard InChI is InChI=1S/C17H28N4O2/c1-13-10-19(12-17-18-9-14(2)23-17)11-16(13)21-6-4-5-20(7-8-21)15(3)22/h9,13,16H,4-8,10-12H2,1-3H3. The lowest BCUT2D eigenvalue weighted by Gasteiger charge is -2.30. The van der Waals surface area contributed by atoms with Crippen LogP contribution >= 0.6 is 0 Å². The molecular weight excluding hydrogens is 292 g/mol. The number of aryl methyl sites for hydroxylation is 1. The van der Waals surface area contributed by atoms with Crippen molar-refractivity contribution >= 4 is 5.91 Å². The summed E-state index contributed by atoms with van der Waals surface area (Å²) in [6.45, 7) is 12.7. The number of aromatic nitrogens is 1. The van der Waals surface area contributed by atoms with Gasteiger partial charge in [-0.3, -0.25) is 14.6 Å². The van der Waals surface area contributed by atoms with Gasteiger partial charge in [0.1, 0.15) is 5.76 Å². The topological polar surface area (TPSA) is 52.8 Å². The van der Waals surface area contributed by atoms with Crippen LogP contribution in [0.4, 0.5) is 0 Å². The number of oxazole rings is 1. The van der Waals surface area contributed by atoms with E-state index < -0.39 is 0 Å². The van der Waals surface area contributed by atoms with E-state index in [2.05, 4.69) is 21.7 Å². The second-order valence-electron chi connectivity index (χ2n) is 7.00.